The number of nitrogen functional groups attached to an aromatic ring is 1. The van der Waals surface area contributed by atoms with Gasteiger partial charge in [-0.2, -0.15) is 4.52 Å². The number of nitrogens with zero attached hydrogens (tertiary/aromatic N) is 4. The quantitative estimate of drug-likeness (QED) is 0.640. The third kappa shape index (κ3) is 1.01. The maximum absolute atomic E-state index is 10.9. The predicted molar refractivity (Wildman–Crippen MR) is 57.5 cm³/mol. The van der Waals surface area contributed by atoms with Crippen LogP contribution in [-0.4, -0.2) is 30.9 Å². The number of thiophene rings is 1. The van der Waals surface area contributed by atoms with E-state index in [0.717, 1.165) is 4.70 Å². The summed E-state index contributed by atoms with van der Waals surface area (Å²) in [5.74, 6) is -0.876. The molecule has 3 heterocycles. The number of hydrogen-bond donors (Lipinski definition) is 2. The Labute approximate surface area is 92.1 Å². The smallest absolute Gasteiger partial charge is 0.360 e. The van der Waals surface area contributed by atoms with Gasteiger partial charge in [-0.25, -0.2) is 9.78 Å². The number of carbonyl (C=O) groups is 1. The van der Waals surface area contributed by atoms with Crippen molar-refractivity contribution in [1.82, 2.24) is 19.8 Å². The van der Waals surface area contributed by atoms with Crippen molar-refractivity contribution in [1.29, 1.82) is 0 Å². The largest absolute Gasteiger partial charge is 0.476 e. The maximum Gasteiger partial charge on any atom is 0.360 e. The van der Waals surface area contributed by atoms with Crippen molar-refractivity contribution in [2.45, 2.75) is 0 Å². The van der Waals surface area contributed by atoms with Gasteiger partial charge in [0.25, 0.3) is 0 Å². The Morgan fingerprint density at radius 2 is 2.38 bits per heavy atom. The van der Waals surface area contributed by atoms with Gasteiger partial charge in [0.05, 0.1) is 10.2 Å². The molecule has 0 saturated heterocycles. The van der Waals surface area contributed by atoms with Gasteiger partial charge in [-0.3, -0.25) is 0 Å². The number of aromatic carboxylic acids is 1. The van der Waals surface area contributed by atoms with Crippen LogP contribution >= 0.6 is 11.3 Å². The van der Waals surface area contributed by atoms with Gasteiger partial charge in [-0.05, 0) is 11.4 Å². The molecule has 3 aromatic rings. The molecule has 16 heavy (non-hydrogen) atoms. The zero-order chi connectivity index (χ0) is 11.3. The Hall–Kier alpha value is -2.22. The topological polar surface area (TPSA) is 106 Å². The molecule has 0 spiro atoms. The average molecular weight is 235 g/mol. The highest BCUT2D eigenvalue weighted by molar-refractivity contribution is 7.17. The Morgan fingerprint density at radius 1 is 1.56 bits per heavy atom. The number of fused-ring (bicyclic) bond motifs is 3. The zero-order valence-electron chi connectivity index (χ0n) is 7.78. The van der Waals surface area contributed by atoms with Crippen molar-refractivity contribution in [3.63, 3.8) is 0 Å². The fraction of sp³-hybridized carbons (Fsp3) is 0. The molecule has 3 aromatic heterocycles. The molecule has 0 atom stereocenters. The highest BCUT2D eigenvalue weighted by atomic mass is 32.1. The summed E-state index contributed by atoms with van der Waals surface area (Å²) in [6, 6.07) is 1.80. The molecular formula is C8H5N5O2S. The van der Waals surface area contributed by atoms with Crippen LogP contribution in [0.3, 0.4) is 0 Å². The molecule has 3 rings (SSSR count). The molecule has 0 fully saturated rings. The summed E-state index contributed by atoms with van der Waals surface area (Å²) in [6.07, 6.45) is 0. The third-order valence-corrected chi connectivity index (χ3v) is 3.11. The van der Waals surface area contributed by atoms with Crippen LogP contribution in [0.25, 0.3) is 15.9 Å². The lowest BCUT2D eigenvalue weighted by Crippen LogP contribution is -2.01. The van der Waals surface area contributed by atoms with E-state index >= 15 is 0 Å². The van der Waals surface area contributed by atoms with Gasteiger partial charge in [-0.1, -0.05) is 5.21 Å². The van der Waals surface area contributed by atoms with E-state index in [2.05, 4.69) is 15.3 Å². The molecule has 0 bridgehead atoms. The van der Waals surface area contributed by atoms with E-state index in [1.54, 1.807) is 6.07 Å². The summed E-state index contributed by atoms with van der Waals surface area (Å²) in [4.78, 5) is 14.9. The van der Waals surface area contributed by atoms with Crippen LogP contribution in [0.1, 0.15) is 10.5 Å². The number of anilines is 1. The summed E-state index contributed by atoms with van der Waals surface area (Å²) >= 11 is 1.42. The van der Waals surface area contributed by atoms with E-state index in [0.29, 0.717) is 11.3 Å². The number of hydrogen-bond acceptors (Lipinski definition) is 6. The minimum atomic E-state index is -1.17. The molecule has 0 amide bonds. The maximum atomic E-state index is 10.9. The van der Waals surface area contributed by atoms with Crippen LogP contribution in [0.15, 0.2) is 11.4 Å². The molecule has 0 aliphatic heterocycles. The van der Waals surface area contributed by atoms with E-state index < -0.39 is 5.97 Å². The van der Waals surface area contributed by atoms with Gasteiger partial charge in [-0.15, -0.1) is 16.4 Å². The number of rotatable bonds is 1. The molecule has 0 aliphatic carbocycles. The number of carboxylic acid groups (broad SMARTS) is 1. The van der Waals surface area contributed by atoms with Crippen molar-refractivity contribution in [3.05, 3.63) is 17.1 Å². The fourth-order valence-electron chi connectivity index (χ4n) is 1.50. The Kier molecular flexibility index (Phi) is 1.63. The molecule has 8 heteroatoms. The second-order valence-corrected chi connectivity index (χ2v) is 4.03. The van der Waals surface area contributed by atoms with E-state index in [9.17, 15) is 4.79 Å². The normalized spacial score (nSPS) is 11.2. The summed E-state index contributed by atoms with van der Waals surface area (Å²) in [7, 11) is 0. The summed E-state index contributed by atoms with van der Waals surface area (Å²) in [5.41, 5.74) is 6.42. The fourth-order valence-corrected chi connectivity index (χ4v) is 2.28. The lowest BCUT2D eigenvalue weighted by Gasteiger charge is -1.97. The van der Waals surface area contributed by atoms with Crippen molar-refractivity contribution in [2.75, 3.05) is 5.73 Å². The van der Waals surface area contributed by atoms with Crippen molar-refractivity contribution in [3.8, 4) is 0 Å². The molecule has 0 aromatic carbocycles. The van der Waals surface area contributed by atoms with Gasteiger partial charge in [0.1, 0.15) is 5.82 Å². The van der Waals surface area contributed by atoms with E-state index in [4.69, 9.17) is 10.8 Å². The SMILES string of the molecule is Nc1nc2c(C(=O)O)nnn2c2ccsc12. The molecule has 7 nitrogen and oxygen atoms in total. The van der Waals surface area contributed by atoms with E-state index in [-0.39, 0.29) is 11.3 Å². The van der Waals surface area contributed by atoms with Crippen LogP contribution in [0, 0.1) is 0 Å². The van der Waals surface area contributed by atoms with Gasteiger partial charge in [0.2, 0.25) is 5.69 Å². The molecule has 0 saturated carbocycles. The first-order valence-corrected chi connectivity index (χ1v) is 5.18. The first-order valence-electron chi connectivity index (χ1n) is 4.30. The van der Waals surface area contributed by atoms with Crippen LogP contribution in [0.2, 0.25) is 0 Å². The second-order valence-electron chi connectivity index (χ2n) is 3.11. The van der Waals surface area contributed by atoms with Crippen LogP contribution < -0.4 is 5.73 Å². The first-order chi connectivity index (χ1) is 7.68. The second kappa shape index (κ2) is 2.89. The van der Waals surface area contributed by atoms with Gasteiger partial charge >= 0.3 is 5.97 Å². The lowest BCUT2D eigenvalue weighted by atomic mass is 10.4. The first kappa shape index (κ1) is 9.04. The van der Waals surface area contributed by atoms with Crippen molar-refractivity contribution >= 4 is 39.0 Å². The van der Waals surface area contributed by atoms with Crippen LogP contribution in [-0.2, 0) is 0 Å². The average Bonchev–Trinajstić information content (AvgIpc) is 2.80. The number of nitrogens with two attached hydrogens (primary N) is 1. The summed E-state index contributed by atoms with van der Waals surface area (Å²) in [5, 5.41) is 18.1. The molecular weight excluding hydrogens is 230 g/mol. The monoisotopic (exact) mass is 235 g/mol. The minimum absolute atomic E-state index is 0.163. The number of carboxylic acids is 1. The molecule has 3 N–H and O–H groups in total. The van der Waals surface area contributed by atoms with Crippen molar-refractivity contribution in [2.24, 2.45) is 0 Å². The summed E-state index contributed by atoms with van der Waals surface area (Å²) < 4.78 is 2.15. The summed E-state index contributed by atoms with van der Waals surface area (Å²) in [6.45, 7) is 0. The zero-order valence-corrected chi connectivity index (χ0v) is 8.60. The Morgan fingerprint density at radius 3 is 3.12 bits per heavy atom. The van der Waals surface area contributed by atoms with Crippen LogP contribution in [0.5, 0.6) is 0 Å². The van der Waals surface area contributed by atoms with Gasteiger partial charge in [0, 0.05) is 0 Å². The molecule has 0 radical (unpaired) electrons. The predicted octanol–water partition coefficient (Wildman–Crippen LogP) is 0.619. The third-order valence-electron chi connectivity index (χ3n) is 2.18. The van der Waals surface area contributed by atoms with Crippen LogP contribution in [0.4, 0.5) is 5.82 Å². The van der Waals surface area contributed by atoms with E-state index in [1.165, 1.54) is 15.9 Å². The standard InChI is InChI=1S/C8H5N5O2S/c9-6-5-3(1-2-16-5)13-7(10-6)4(8(14)15)11-12-13/h1-2H,(H2,9,10)(H,14,15). The molecule has 0 aliphatic rings. The Balaban J connectivity index is 2.55. The molecule has 0 unspecified atom stereocenters. The van der Waals surface area contributed by atoms with Crippen molar-refractivity contribution < 1.29 is 9.90 Å². The lowest BCUT2D eigenvalue weighted by molar-refractivity contribution is 0.0692. The Bertz CT molecular complexity index is 716. The highest BCUT2D eigenvalue weighted by Gasteiger charge is 2.18. The molecule has 80 valence electrons. The van der Waals surface area contributed by atoms with Gasteiger partial charge < -0.3 is 10.8 Å². The minimum Gasteiger partial charge on any atom is -0.476 e. The number of aromatic nitrogens is 4. The highest BCUT2D eigenvalue weighted by Crippen LogP contribution is 2.26. The van der Waals surface area contributed by atoms with E-state index in [1.807, 2.05) is 5.38 Å². The van der Waals surface area contributed by atoms with Gasteiger partial charge in [0.15, 0.2) is 5.65 Å².